The van der Waals surface area contributed by atoms with Crippen molar-refractivity contribution in [1.29, 1.82) is 0 Å². The van der Waals surface area contributed by atoms with Crippen molar-refractivity contribution >= 4 is 23.2 Å². The summed E-state index contributed by atoms with van der Waals surface area (Å²) < 4.78 is 1.88. The number of carbonyl (C=O) groups excluding carboxylic acids is 1. The van der Waals surface area contributed by atoms with Gasteiger partial charge in [-0.15, -0.1) is 16.8 Å². The van der Waals surface area contributed by atoms with Gasteiger partial charge in [0, 0.05) is 36.5 Å². The molecule has 0 radical (unpaired) electrons. The Balaban J connectivity index is 1.82. The number of anilines is 1. The van der Waals surface area contributed by atoms with Gasteiger partial charge >= 0.3 is 0 Å². The summed E-state index contributed by atoms with van der Waals surface area (Å²) in [5, 5.41) is 8.52. The van der Waals surface area contributed by atoms with Crippen LogP contribution in [0.3, 0.4) is 0 Å². The summed E-state index contributed by atoms with van der Waals surface area (Å²) in [6.07, 6.45) is 5.23. The van der Waals surface area contributed by atoms with E-state index in [0.717, 1.165) is 16.5 Å². The number of rotatable bonds is 6. The Labute approximate surface area is 158 Å². The Bertz CT molecular complexity index is 868. The van der Waals surface area contributed by atoms with Gasteiger partial charge in [0.2, 0.25) is 0 Å². The highest BCUT2D eigenvalue weighted by atomic mass is 32.2. The summed E-state index contributed by atoms with van der Waals surface area (Å²) in [6, 6.07) is 8.30. The number of benzene rings is 1. The maximum Gasteiger partial charge on any atom is 0.191 e. The second kappa shape index (κ2) is 7.11. The van der Waals surface area contributed by atoms with Crippen LogP contribution >= 0.6 is 11.8 Å². The Morgan fingerprint density at radius 3 is 2.81 bits per heavy atom. The largest absolute Gasteiger partial charge is 0.347 e. The van der Waals surface area contributed by atoms with Gasteiger partial charge in [-0.05, 0) is 18.6 Å². The third-order valence-electron chi connectivity index (χ3n) is 4.81. The molecule has 1 aromatic carbocycles. The van der Waals surface area contributed by atoms with Gasteiger partial charge in [-0.25, -0.2) is 0 Å². The van der Waals surface area contributed by atoms with Gasteiger partial charge in [0.15, 0.2) is 10.9 Å². The molecule has 0 unspecified atom stereocenters. The maximum absolute atomic E-state index is 12.9. The number of aromatic nitrogens is 3. The molecular formula is C20H24N4OS. The molecule has 1 aliphatic rings. The number of likely N-dealkylation sites (N-methyl/N-ethyl adjacent to an activating group) is 1. The standard InChI is InChI=1S/C20H24N4OS/c1-6-11-24-13-21-22-19(24)26-14(2)17(25)12-18-20(3,4)15-9-7-8-10-16(15)23(18)5/h6-10,12-14H,1,11H2,2-5H3/b18-12+/t14-/m1/s1. The SMILES string of the molecule is C=CCn1cnnc1S[C@H](C)C(=O)/C=C1/N(C)c2ccccc2C1(C)C. The van der Waals surface area contributed by atoms with Gasteiger partial charge in [-0.3, -0.25) is 4.79 Å². The minimum absolute atomic E-state index is 0.0749. The molecule has 2 heterocycles. The molecule has 0 saturated heterocycles. The molecule has 0 spiro atoms. The van der Waals surface area contributed by atoms with Crippen molar-refractivity contribution in [1.82, 2.24) is 14.8 Å². The number of nitrogens with zero attached hydrogens (tertiary/aromatic N) is 4. The molecule has 1 aliphatic heterocycles. The Morgan fingerprint density at radius 2 is 2.12 bits per heavy atom. The minimum Gasteiger partial charge on any atom is -0.347 e. The lowest BCUT2D eigenvalue weighted by Crippen LogP contribution is -2.25. The Morgan fingerprint density at radius 1 is 1.38 bits per heavy atom. The Kier molecular flexibility index (Phi) is 5.05. The lowest BCUT2D eigenvalue weighted by molar-refractivity contribution is -0.114. The van der Waals surface area contributed by atoms with E-state index in [4.69, 9.17) is 0 Å². The van der Waals surface area contributed by atoms with Crippen LogP contribution in [-0.2, 0) is 16.8 Å². The van der Waals surface area contributed by atoms with Gasteiger partial charge < -0.3 is 9.47 Å². The first kappa shape index (κ1) is 18.5. The van der Waals surface area contributed by atoms with E-state index in [2.05, 4.69) is 47.7 Å². The number of carbonyl (C=O) groups is 1. The minimum atomic E-state index is -0.247. The van der Waals surface area contributed by atoms with Crippen LogP contribution in [-0.4, -0.2) is 32.8 Å². The molecule has 0 fully saturated rings. The molecule has 5 nitrogen and oxygen atoms in total. The molecular weight excluding hydrogens is 344 g/mol. The zero-order chi connectivity index (χ0) is 18.9. The summed E-state index contributed by atoms with van der Waals surface area (Å²) in [4.78, 5) is 15.0. The normalized spacial score (nSPS) is 18.0. The quantitative estimate of drug-likeness (QED) is 0.441. The van der Waals surface area contributed by atoms with E-state index in [1.54, 1.807) is 18.5 Å². The average molecular weight is 369 g/mol. The number of fused-ring (bicyclic) bond motifs is 1. The molecule has 0 N–H and O–H groups in total. The van der Waals surface area contributed by atoms with Gasteiger partial charge in [-0.1, -0.05) is 49.9 Å². The van der Waals surface area contributed by atoms with E-state index in [1.807, 2.05) is 30.7 Å². The zero-order valence-electron chi connectivity index (χ0n) is 15.6. The summed E-state index contributed by atoms with van der Waals surface area (Å²) in [5.74, 6) is 0.0749. The third-order valence-corrected chi connectivity index (χ3v) is 5.92. The smallest absolute Gasteiger partial charge is 0.191 e. The molecule has 136 valence electrons. The van der Waals surface area contributed by atoms with Gasteiger partial charge in [0.1, 0.15) is 6.33 Å². The second-order valence-electron chi connectivity index (χ2n) is 6.95. The highest BCUT2D eigenvalue weighted by molar-refractivity contribution is 8.00. The summed E-state index contributed by atoms with van der Waals surface area (Å²) >= 11 is 1.42. The van der Waals surface area contributed by atoms with Crippen LogP contribution in [0.1, 0.15) is 26.3 Å². The molecule has 2 aromatic rings. The van der Waals surface area contributed by atoms with E-state index in [-0.39, 0.29) is 16.4 Å². The van der Waals surface area contributed by atoms with Crippen LogP contribution in [0.25, 0.3) is 0 Å². The second-order valence-corrected chi connectivity index (χ2v) is 8.26. The maximum atomic E-state index is 12.9. The van der Waals surface area contributed by atoms with Crippen LogP contribution in [0.5, 0.6) is 0 Å². The van der Waals surface area contributed by atoms with Crippen LogP contribution in [0.15, 0.2) is 60.2 Å². The molecule has 0 bridgehead atoms. The molecule has 0 saturated carbocycles. The molecule has 1 aromatic heterocycles. The van der Waals surface area contributed by atoms with Crippen molar-refractivity contribution in [3.05, 3.63) is 60.6 Å². The lowest BCUT2D eigenvalue weighted by atomic mass is 9.83. The number of hydrogen-bond acceptors (Lipinski definition) is 5. The fraction of sp³-hybridized carbons (Fsp3) is 0.350. The van der Waals surface area contributed by atoms with Crippen molar-refractivity contribution in [2.45, 2.75) is 43.1 Å². The number of para-hydroxylation sites is 1. The predicted octanol–water partition coefficient (Wildman–Crippen LogP) is 3.83. The zero-order valence-corrected chi connectivity index (χ0v) is 16.5. The monoisotopic (exact) mass is 368 g/mol. The summed E-state index contributed by atoms with van der Waals surface area (Å²) in [5.41, 5.74) is 3.22. The Hall–Kier alpha value is -2.34. The summed E-state index contributed by atoms with van der Waals surface area (Å²) in [7, 11) is 2.02. The fourth-order valence-corrected chi connectivity index (χ4v) is 4.18. The van der Waals surface area contributed by atoms with E-state index < -0.39 is 0 Å². The van der Waals surface area contributed by atoms with Crippen molar-refractivity contribution in [3.63, 3.8) is 0 Å². The topological polar surface area (TPSA) is 51.0 Å². The predicted molar refractivity (Wildman–Crippen MR) is 106 cm³/mol. The number of ketones is 1. The molecule has 26 heavy (non-hydrogen) atoms. The van der Waals surface area contributed by atoms with Gasteiger partial charge in [0.25, 0.3) is 0 Å². The van der Waals surface area contributed by atoms with Crippen LogP contribution in [0.2, 0.25) is 0 Å². The molecule has 1 atom stereocenters. The molecule has 0 aliphatic carbocycles. The van der Waals surface area contributed by atoms with Crippen molar-refractivity contribution in [3.8, 4) is 0 Å². The van der Waals surface area contributed by atoms with Crippen LogP contribution in [0, 0.1) is 0 Å². The third kappa shape index (κ3) is 3.21. The van der Waals surface area contributed by atoms with Crippen molar-refractivity contribution in [2.75, 3.05) is 11.9 Å². The first-order chi connectivity index (χ1) is 12.4. The fourth-order valence-electron chi connectivity index (χ4n) is 3.33. The van der Waals surface area contributed by atoms with Crippen LogP contribution in [0.4, 0.5) is 5.69 Å². The van der Waals surface area contributed by atoms with E-state index >= 15 is 0 Å². The highest BCUT2D eigenvalue weighted by Crippen LogP contribution is 2.46. The number of hydrogen-bond donors (Lipinski definition) is 0. The first-order valence-corrected chi connectivity index (χ1v) is 9.49. The summed E-state index contributed by atoms with van der Waals surface area (Å²) in [6.45, 7) is 10.6. The van der Waals surface area contributed by atoms with Gasteiger partial charge in [-0.2, -0.15) is 0 Å². The molecule has 6 heteroatoms. The molecule has 3 rings (SSSR count). The molecule has 0 amide bonds. The van der Waals surface area contributed by atoms with E-state index in [0.29, 0.717) is 6.54 Å². The number of allylic oxidation sites excluding steroid dienone is 3. The number of thioether (sulfide) groups is 1. The van der Waals surface area contributed by atoms with Crippen molar-refractivity contribution in [2.24, 2.45) is 0 Å². The highest BCUT2D eigenvalue weighted by Gasteiger charge is 2.38. The van der Waals surface area contributed by atoms with E-state index in [9.17, 15) is 4.79 Å². The average Bonchev–Trinajstić information content (AvgIpc) is 3.12. The first-order valence-electron chi connectivity index (χ1n) is 8.61. The van der Waals surface area contributed by atoms with Crippen molar-refractivity contribution < 1.29 is 4.79 Å². The van der Waals surface area contributed by atoms with E-state index in [1.165, 1.54) is 17.3 Å². The lowest BCUT2D eigenvalue weighted by Gasteiger charge is -2.24. The van der Waals surface area contributed by atoms with Gasteiger partial charge in [0.05, 0.1) is 5.25 Å². The van der Waals surface area contributed by atoms with Crippen LogP contribution < -0.4 is 4.90 Å².